The van der Waals surface area contributed by atoms with Crippen LogP contribution < -0.4 is 0 Å². The van der Waals surface area contributed by atoms with Gasteiger partial charge in [-0.3, -0.25) is 9.59 Å². The van der Waals surface area contributed by atoms with E-state index in [-0.39, 0.29) is 30.4 Å². The molecule has 0 spiro atoms. The Hall–Kier alpha value is -2.18. The summed E-state index contributed by atoms with van der Waals surface area (Å²) in [6.45, 7) is 8.23. The molecule has 1 aromatic carbocycles. The zero-order valence-electron chi connectivity index (χ0n) is 18.2. The molecule has 2 aromatic rings. The number of carbonyl (C=O) groups is 2. The Labute approximate surface area is 183 Å². The van der Waals surface area contributed by atoms with Gasteiger partial charge >= 0.3 is 0 Å². The maximum atomic E-state index is 13.4. The van der Waals surface area contributed by atoms with Gasteiger partial charge in [0, 0.05) is 35.4 Å². The molecule has 0 aliphatic carbocycles. The van der Waals surface area contributed by atoms with E-state index in [1.165, 1.54) is 4.88 Å². The number of rotatable bonds is 9. The molecular formula is C24H32N2O3S. The predicted octanol–water partition coefficient (Wildman–Crippen LogP) is 4.25. The van der Waals surface area contributed by atoms with Crippen LogP contribution in [0.1, 0.15) is 42.0 Å². The molecule has 1 atom stereocenters. The van der Waals surface area contributed by atoms with Crippen LogP contribution in [0.2, 0.25) is 0 Å². The van der Waals surface area contributed by atoms with Crippen molar-refractivity contribution in [3.63, 3.8) is 0 Å². The maximum Gasteiger partial charge on any atom is 0.242 e. The van der Waals surface area contributed by atoms with Crippen LogP contribution in [0.4, 0.5) is 0 Å². The van der Waals surface area contributed by atoms with Gasteiger partial charge in [0.05, 0.1) is 19.2 Å². The molecule has 1 aromatic heterocycles. The summed E-state index contributed by atoms with van der Waals surface area (Å²) in [6, 6.07) is 14.2. The van der Waals surface area contributed by atoms with E-state index in [1.54, 1.807) is 16.2 Å². The number of ether oxygens (including phenoxy) is 1. The van der Waals surface area contributed by atoms with E-state index in [4.69, 9.17) is 4.74 Å². The van der Waals surface area contributed by atoms with E-state index in [1.807, 2.05) is 49.1 Å². The first-order chi connectivity index (χ1) is 14.4. The minimum atomic E-state index is -0.151. The van der Waals surface area contributed by atoms with Gasteiger partial charge in [-0.2, -0.15) is 0 Å². The molecule has 1 aliphatic heterocycles. The van der Waals surface area contributed by atoms with Crippen LogP contribution in [0, 0.1) is 12.8 Å². The second kappa shape index (κ2) is 10.7. The lowest BCUT2D eigenvalue weighted by Crippen LogP contribution is -2.46. The van der Waals surface area contributed by atoms with Crippen LogP contribution in [0.3, 0.4) is 0 Å². The van der Waals surface area contributed by atoms with E-state index in [0.717, 1.165) is 29.9 Å². The molecular weight excluding hydrogens is 396 g/mol. The molecule has 30 heavy (non-hydrogen) atoms. The molecule has 162 valence electrons. The average molecular weight is 429 g/mol. The number of hydrogen-bond acceptors (Lipinski definition) is 4. The van der Waals surface area contributed by atoms with Crippen molar-refractivity contribution in [1.82, 2.24) is 9.80 Å². The lowest BCUT2D eigenvalue weighted by atomic mass is 10.1. The number of hydrogen-bond donors (Lipinski definition) is 0. The Balaban J connectivity index is 1.75. The average Bonchev–Trinajstić information content (AvgIpc) is 3.38. The Bertz CT molecular complexity index is 828. The zero-order valence-corrected chi connectivity index (χ0v) is 19.0. The van der Waals surface area contributed by atoms with Gasteiger partial charge in [-0.25, -0.2) is 0 Å². The second-order valence-corrected chi connectivity index (χ2v) is 9.63. The van der Waals surface area contributed by atoms with E-state index >= 15 is 0 Å². The van der Waals surface area contributed by atoms with E-state index in [0.29, 0.717) is 19.6 Å². The van der Waals surface area contributed by atoms with Crippen molar-refractivity contribution in [3.05, 3.63) is 57.8 Å². The molecule has 0 radical (unpaired) electrons. The lowest BCUT2D eigenvalue weighted by molar-refractivity contribution is -0.144. The Morgan fingerprint density at radius 2 is 1.87 bits per heavy atom. The van der Waals surface area contributed by atoms with E-state index < -0.39 is 0 Å². The molecule has 2 amide bonds. The topological polar surface area (TPSA) is 49.9 Å². The van der Waals surface area contributed by atoms with Crippen LogP contribution >= 0.6 is 11.3 Å². The van der Waals surface area contributed by atoms with Crippen molar-refractivity contribution >= 4 is 23.2 Å². The highest BCUT2D eigenvalue weighted by Crippen LogP contribution is 2.20. The highest BCUT2D eigenvalue weighted by atomic mass is 32.1. The number of nitrogens with zero attached hydrogens (tertiary/aromatic N) is 2. The molecule has 0 bridgehead atoms. The molecule has 0 saturated carbocycles. The summed E-state index contributed by atoms with van der Waals surface area (Å²) in [5, 5.41) is 0. The van der Waals surface area contributed by atoms with E-state index in [9.17, 15) is 9.59 Å². The summed E-state index contributed by atoms with van der Waals surface area (Å²) in [5.74, 6) is -0.177. The first kappa shape index (κ1) is 22.5. The minimum absolute atomic E-state index is 0.00507. The first-order valence-corrected chi connectivity index (χ1v) is 11.5. The van der Waals surface area contributed by atoms with Gasteiger partial charge in [0.15, 0.2) is 0 Å². The normalized spacial score (nSPS) is 16.1. The van der Waals surface area contributed by atoms with Crippen molar-refractivity contribution < 1.29 is 14.3 Å². The summed E-state index contributed by atoms with van der Waals surface area (Å²) in [4.78, 5) is 32.1. The third-order valence-electron chi connectivity index (χ3n) is 5.29. The van der Waals surface area contributed by atoms with Gasteiger partial charge in [-0.05, 0) is 37.5 Å². The van der Waals surface area contributed by atoms with Crippen LogP contribution in [0.5, 0.6) is 0 Å². The molecule has 1 fully saturated rings. The quantitative estimate of drug-likeness (QED) is 0.600. The van der Waals surface area contributed by atoms with Crippen molar-refractivity contribution in [2.75, 3.05) is 19.7 Å². The fourth-order valence-corrected chi connectivity index (χ4v) is 4.60. The van der Waals surface area contributed by atoms with Crippen LogP contribution in [0.15, 0.2) is 42.5 Å². The first-order valence-electron chi connectivity index (χ1n) is 10.7. The van der Waals surface area contributed by atoms with Gasteiger partial charge in [-0.1, -0.05) is 44.2 Å². The lowest BCUT2D eigenvalue weighted by Gasteiger charge is -2.30. The second-order valence-electron chi connectivity index (χ2n) is 8.26. The Morgan fingerprint density at radius 1 is 1.10 bits per heavy atom. The van der Waals surface area contributed by atoms with Crippen LogP contribution in [0.25, 0.3) is 0 Å². The molecule has 0 N–H and O–H groups in total. The number of thiophene rings is 1. The van der Waals surface area contributed by atoms with Gasteiger partial charge in [-0.15, -0.1) is 11.3 Å². The van der Waals surface area contributed by atoms with Crippen molar-refractivity contribution in [3.8, 4) is 0 Å². The third-order valence-corrected chi connectivity index (χ3v) is 6.28. The number of carbonyl (C=O) groups excluding carboxylic acids is 2. The predicted molar refractivity (Wildman–Crippen MR) is 120 cm³/mol. The summed E-state index contributed by atoms with van der Waals surface area (Å²) >= 11 is 1.71. The van der Waals surface area contributed by atoms with Crippen molar-refractivity contribution in [1.29, 1.82) is 0 Å². The largest absolute Gasteiger partial charge is 0.376 e. The molecule has 2 heterocycles. The summed E-state index contributed by atoms with van der Waals surface area (Å²) in [6.07, 6.45) is 1.99. The fraction of sp³-hybridized carbons (Fsp3) is 0.500. The molecule has 1 aliphatic rings. The smallest absolute Gasteiger partial charge is 0.242 e. The number of benzene rings is 1. The van der Waals surface area contributed by atoms with Gasteiger partial charge in [0.1, 0.15) is 0 Å². The summed E-state index contributed by atoms with van der Waals surface area (Å²) in [5.41, 5.74) is 1.08. The van der Waals surface area contributed by atoms with Crippen molar-refractivity contribution in [2.45, 2.75) is 52.8 Å². The highest BCUT2D eigenvalue weighted by molar-refractivity contribution is 7.11. The van der Waals surface area contributed by atoms with Gasteiger partial charge in [0.25, 0.3) is 0 Å². The minimum Gasteiger partial charge on any atom is -0.376 e. The van der Waals surface area contributed by atoms with Crippen molar-refractivity contribution in [2.24, 2.45) is 5.92 Å². The van der Waals surface area contributed by atoms with Crippen LogP contribution in [-0.4, -0.2) is 47.4 Å². The van der Waals surface area contributed by atoms with Crippen LogP contribution in [-0.2, 0) is 27.4 Å². The zero-order chi connectivity index (χ0) is 21.5. The highest BCUT2D eigenvalue weighted by Gasteiger charge is 2.27. The SMILES string of the molecule is Cc1ccc(CN(Cc2ccccc2)C(=O)CN(C[C@H]2CCCO2)C(=O)C(C)C)s1. The molecule has 5 nitrogen and oxygen atoms in total. The summed E-state index contributed by atoms with van der Waals surface area (Å²) < 4.78 is 5.73. The van der Waals surface area contributed by atoms with Gasteiger partial charge < -0.3 is 14.5 Å². The number of aryl methyl sites for hydroxylation is 1. The fourth-order valence-electron chi connectivity index (χ4n) is 3.69. The summed E-state index contributed by atoms with van der Waals surface area (Å²) in [7, 11) is 0. The Kier molecular flexibility index (Phi) is 8.05. The standard InChI is InChI=1S/C24H32N2O3S/c1-18(2)24(28)26(15-21-10-7-13-29-21)17-23(27)25(14-20-8-5-4-6-9-20)16-22-12-11-19(3)30-22/h4-6,8-9,11-12,18,21H,7,10,13-17H2,1-3H3/t21-/m1/s1. The molecule has 3 rings (SSSR count). The Morgan fingerprint density at radius 3 is 2.47 bits per heavy atom. The monoisotopic (exact) mass is 428 g/mol. The molecule has 1 saturated heterocycles. The van der Waals surface area contributed by atoms with E-state index in [2.05, 4.69) is 19.1 Å². The third kappa shape index (κ3) is 6.41. The molecule has 6 heteroatoms. The van der Waals surface area contributed by atoms with Gasteiger partial charge in [0.2, 0.25) is 11.8 Å². The number of amides is 2. The molecule has 0 unspecified atom stereocenters. The maximum absolute atomic E-state index is 13.4.